The minimum atomic E-state index is -0.112. The zero-order chi connectivity index (χ0) is 16.9. The van der Waals surface area contributed by atoms with Crippen LogP contribution in [0.4, 0.5) is 5.69 Å². The van der Waals surface area contributed by atoms with E-state index in [1.54, 1.807) is 0 Å². The molecule has 0 aromatic heterocycles. The Kier molecular flexibility index (Phi) is 5.25. The van der Waals surface area contributed by atoms with E-state index < -0.39 is 0 Å². The van der Waals surface area contributed by atoms with E-state index in [0.29, 0.717) is 31.7 Å². The van der Waals surface area contributed by atoms with E-state index in [4.69, 9.17) is 0 Å². The van der Waals surface area contributed by atoms with Crippen molar-refractivity contribution in [2.45, 2.75) is 38.6 Å². The first-order valence-corrected chi connectivity index (χ1v) is 8.54. The van der Waals surface area contributed by atoms with Gasteiger partial charge in [-0.3, -0.25) is 19.3 Å². The van der Waals surface area contributed by atoms with Crippen LogP contribution in [0.5, 0.6) is 0 Å². The molecule has 2 fully saturated rings. The highest BCUT2D eigenvalue weighted by molar-refractivity contribution is 6.01. The molecular formula is C18H23N3O3. The average Bonchev–Trinajstić information content (AvgIpc) is 3.20. The van der Waals surface area contributed by atoms with Crippen molar-refractivity contribution in [3.63, 3.8) is 0 Å². The summed E-state index contributed by atoms with van der Waals surface area (Å²) in [6.45, 7) is 2.37. The maximum Gasteiger partial charge on any atom is 0.229 e. The Labute approximate surface area is 141 Å². The van der Waals surface area contributed by atoms with Gasteiger partial charge in [-0.1, -0.05) is 12.1 Å². The lowest BCUT2D eigenvalue weighted by Gasteiger charge is -2.14. The number of likely N-dealkylation sites (tertiary alicyclic amines) is 1. The van der Waals surface area contributed by atoms with E-state index in [1.165, 1.54) is 4.90 Å². The standard InChI is InChI=1S/C18H23N3O3/c22-16(6-3-13-9-10-19-11-13)20-15-4-1-14(2-5-15)12-21-17(23)7-8-18(21)24/h1-2,4-5,13,19H,3,6-12H2,(H,20,22). The first kappa shape index (κ1) is 16.6. The van der Waals surface area contributed by atoms with Crippen LogP contribution in [0.3, 0.4) is 0 Å². The van der Waals surface area contributed by atoms with Crippen molar-refractivity contribution < 1.29 is 14.4 Å². The summed E-state index contributed by atoms with van der Waals surface area (Å²) in [5.74, 6) is 0.408. The van der Waals surface area contributed by atoms with E-state index in [-0.39, 0.29) is 17.7 Å². The summed E-state index contributed by atoms with van der Waals surface area (Å²) in [5.41, 5.74) is 1.63. The van der Waals surface area contributed by atoms with Crippen molar-refractivity contribution in [3.05, 3.63) is 29.8 Å². The predicted octanol–water partition coefficient (Wildman–Crippen LogP) is 1.66. The third kappa shape index (κ3) is 4.20. The lowest BCUT2D eigenvalue weighted by Crippen LogP contribution is -2.28. The number of anilines is 1. The second kappa shape index (κ2) is 7.57. The van der Waals surface area contributed by atoms with E-state index in [2.05, 4.69) is 10.6 Å². The minimum absolute atomic E-state index is 0.0274. The molecule has 2 aliphatic heterocycles. The predicted molar refractivity (Wildman–Crippen MR) is 90.1 cm³/mol. The van der Waals surface area contributed by atoms with Gasteiger partial charge < -0.3 is 10.6 Å². The molecule has 128 valence electrons. The SMILES string of the molecule is O=C(CCC1CCNC1)Nc1ccc(CN2C(=O)CCC2=O)cc1. The summed E-state index contributed by atoms with van der Waals surface area (Å²) in [5, 5.41) is 6.20. The van der Waals surface area contributed by atoms with Crippen LogP contribution in [-0.2, 0) is 20.9 Å². The zero-order valence-electron chi connectivity index (χ0n) is 13.7. The van der Waals surface area contributed by atoms with Crippen LogP contribution < -0.4 is 10.6 Å². The molecule has 2 N–H and O–H groups in total. The molecule has 2 heterocycles. The topological polar surface area (TPSA) is 78.5 Å². The smallest absolute Gasteiger partial charge is 0.229 e. The van der Waals surface area contributed by atoms with Gasteiger partial charge in [0.25, 0.3) is 0 Å². The average molecular weight is 329 g/mol. The molecule has 0 spiro atoms. The monoisotopic (exact) mass is 329 g/mol. The Morgan fingerprint density at radius 3 is 2.50 bits per heavy atom. The highest BCUT2D eigenvalue weighted by atomic mass is 16.2. The Bertz CT molecular complexity index is 605. The van der Waals surface area contributed by atoms with Crippen LogP contribution in [0.15, 0.2) is 24.3 Å². The summed E-state index contributed by atoms with van der Waals surface area (Å²) < 4.78 is 0. The van der Waals surface area contributed by atoms with Gasteiger partial charge in [-0.2, -0.15) is 0 Å². The molecule has 3 amide bonds. The first-order valence-electron chi connectivity index (χ1n) is 8.54. The summed E-state index contributed by atoms with van der Waals surface area (Å²) in [6, 6.07) is 7.32. The number of amides is 3. The van der Waals surface area contributed by atoms with Gasteiger partial charge in [0, 0.05) is 24.9 Å². The van der Waals surface area contributed by atoms with Gasteiger partial charge in [0.15, 0.2) is 0 Å². The maximum atomic E-state index is 12.0. The molecular weight excluding hydrogens is 306 g/mol. The van der Waals surface area contributed by atoms with Crippen LogP contribution in [0.25, 0.3) is 0 Å². The highest BCUT2D eigenvalue weighted by Crippen LogP contribution is 2.18. The van der Waals surface area contributed by atoms with Crippen molar-refractivity contribution >= 4 is 23.4 Å². The Morgan fingerprint density at radius 2 is 1.88 bits per heavy atom. The van der Waals surface area contributed by atoms with Crippen LogP contribution in [0.1, 0.15) is 37.7 Å². The summed E-state index contributed by atoms with van der Waals surface area (Å²) in [6.07, 6.45) is 3.21. The van der Waals surface area contributed by atoms with Crippen LogP contribution in [-0.4, -0.2) is 35.7 Å². The van der Waals surface area contributed by atoms with Gasteiger partial charge >= 0.3 is 0 Å². The van der Waals surface area contributed by atoms with E-state index in [0.717, 1.165) is 37.2 Å². The highest BCUT2D eigenvalue weighted by Gasteiger charge is 2.28. The van der Waals surface area contributed by atoms with Crippen LogP contribution in [0, 0.1) is 5.92 Å². The normalized spacial score (nSPS) is 20.7. The van der Waals surface area contributed by atoms with E-state index in [1.807, 2.05) is 24.3 Å². The molecule has 1 aromatic rings. The third-order valence-electron chi connectivity index (χ3n) is 4.68. The van der Waals surface area contributed by atoms with Crippen LogP contribution in [0.2, 0.25) is 0 Å². The van der Waals surface area contributed by atoms with E-state index in [9.17, 15) is 14.4 Å². The molecule has 1 aromatic carbocycles. The fourth-order valence-electron chi connectivity index (χ4n) is 3.19. The molecule has 1 atom stereocenters. The van der Waals surface area contributed by atoms with Crippen LogP contribution >= 0.6 is 0 Å². The summed E-state index contributed by atoms with van der Waals surface area (Å²) in [4.78, 5) is 36.5. The summed E-state index contributed by atoms with van der Waals surface area (Å²) in [7, 11) is 0. The fraction of sp³-hybridized carbons (Fsp3) is 0.500. The molecule has 2 aliphatic rings. The van der Waals surface area contributed by atoms with Gasteiger partial charge in [-0.25, -0.2) is 0 Å². The quantitative estimate of drug-likeness (QED) is 0.778. The second-order valence-corrected chi connectivity index (χ2v) is 6.52. The number of nitrogens with one attached hydrogen (secondary N) is 2. The first-order chi connectivity index (χ1) is 11.6. The molecule has 24 heavy (non-hydrogen) atoms. The molecule has 3 rings (SSSR count). The molecule has 6 nitrogen and oxygen atoms in total. The number of rotatable bonds is 6. The largest absolute Gasteiger partial charge is 0.326 e. The van der Waals surface area contributed by atoms with Gasteiger partial charge in [0.2, 0.25) is 17.7 Å². The summed E-state index contributed by atoms with van der Waals surface area (Å²) >= 11 is 0. The number of benzene rings is 1. The molecule has 0 saturated carbocycles. The van der Waals surface area contributed by atoms with Crippen molar-refractivity contribution in [3.8, 4) is 0 Å². The van der Waals surface area contributed by atoms with Crippen molar-refractivity contribution in [1.82, 2.24) is 10.2 Å². The number of carbonyl (C=O) groups is 3. The van der Waals surface area contributed by atoms with Crippen molar-refractivity contribution in [2.75, 3.05) is 18.4 Å². The number of hydrogen-bond acceptors (Lipinski definition) is 4. The van der Waals surface area contributed by atoms with E-state index >= 15 is 0 Å². The lowest BCUT2D eigenvalue weighted by atomic mass is 10.0. The molecule has 0 radical (unpaired) electrons. The molecule has 2 saturated heterocycles. The Balaban J connectivity index is 1.48. The van der Waals surface area contributed by atoms with Gasteiger partial charge in [0.05, 0.1) is 6.54 Å². The minimum Gasteiger partial charge on any atom is -0.326 e. The Hall–Kier alpha value is -2.21. The zero-order valence-corrected chi connectivity index (χ0v) is 13.7. The molecule has 6 heteroatoms. The Morgan fingerprint density at radius 1 is 1.17 bits per heavy atom. The molecule has 0 aliphatic carbocycles. The van der Waals surface area contributed by atoms with Gasteiger partial charge in [-0.05, 0) is 49.5 Å². The fourth-order valence-corrected chi connectivity index (χ4v) is 3.19. The number of imide groups is 1. The number of hydrogen-bond donors (Lipinski definition) is 2. The number of carbonyl (C=O) groups excluding carboxylic acids is 3. The number of nitrogens with zero attached hydrogens (tertiary/aromatic N) is 1. The third-order valence-corrected chi connectivity index (χ3v) is 4.68. The van der Waals surface area contributed by atoms with Crippen molar-refractivity contribution in [2.24, 2.45) is 5.92 Å². The van der Waals surface area contributed by atoms with Gasteiger partial charge in [-0.15, -0.1) is 0 Å². The lowest BCUT2D eigenvalue weighted by molar-refractivity contribution is -0.139. The second-order valence-electron chi connectivity index (χ2n) is 6.52. The maximum absolute atomic E-state index is 12.0. The van der Waals surface area contributed by atoms with Crippen molar-refractivity contribution in [1.29, 1.82) is 0 Å². The van der Waals surface area contributed by atoms with Gasteiger partial charge in [0.1, 0.15) is 0 Å². The molecule has 0 bridgehead atoms. The molecule has 1 unspecified atom stereocenters.